The topological polar surface area (TPSA) is 53.3 Å². The van der Waals surface area contributed by atoms with Gasteiger partial charge in [0.05, 0.1) is 5.97 Å². The van der Waals surface area contributed by atoms with E-state index < -0.39 is 5.97 Å². The van der Waals surface area contributed by atoms with Crippen LogP contribution in [0.3, 0.4) is 0 Å². The molecule has 0 N–H and O–H groups in total. The zero-order chi connectivity index (χ0) is 7.72. The van der Waals surface area contributed by atoms with Crippen molar-refractivity contribution in [1.29, 1.82) is 0 Å². The number of carboxylic acids is 1. The second kappa shape index (κ2) is 4.74. The van der Waals surface area contributed by atoms with Crippen LogP contribution in [0.4, 0.5) is 0 Å². The maximum Gasteiger partial charge on any atom is 1.00 e. The third kappa shape index (κ3) is 2.96. The van der Waals surface area contributed by atoms with Gasteiger partial charge in [-0.3, -0.25) is 0 Å². The molecule has 0 saturated carbocycles. The molecule has 0 amide bonds. The van der Waals surface area contributed by atoms with Crippen LogP contribution in [-0.4, -0.2) is 5.97 Å². The van der Waals surface area contributed by atoms with Crippen molar-refractivity contribution in [2.45, 2.75) is 13.8 Å². The Kier molecular flexibility index (Phi) is 5.08. The number of aromatic carboxylic acids is 1. The van der Waals surface area contributed by atoms with Crippen molar-refractivity contribution >= 4 is 5.97 Å². The van der Waals surface area contributed by atoms with Crippen molar-refractivity contribution in [2.75, 3.05) is 0 Å². The van der Waals surface area contributed by atoms with E-state index in [0.717, 1.165) is 0 Å². The summed E-state index contributed by atoms with van der Waals surface area (Å²) in [6.45, 7) is 3.29. The molecule has 0 unspecified atom stereocenters. The van der Waals surface area contributed by atoms with Crippen molar-refractivity contribution in [2.24, 2.45) is 0 Å². The zero-order valence-corrected chi connectivity index (χ0v) is 13.1. The van der Waals surface area contributed by atoms with Crippen LogP contribution in [-0.2, 0) is 0 Å². The monoisotopic (exact) mass is 272 g/mol. The number of aryl methyl sites for hydroxylation is 2. The minimum Gasteiger partial charge on any atom is -0.545 e. The van der Waals surface area contributed by atoms with Gasteiger partial charge >= 0.3 is 68.9 Å². The van der Waals surface area contributed by atoms with Crippen LogP contribution in [0.1, 0.15) is 21.9 Å². The van der Waals surface area contributed by atoms with Gasteiger partial charge < -0.3 is 14.3 Å². The van der Waals surface area contributed by atoms with Gasteiger partial charge in [0.15, 0.2) is 0 Å². The molecule has 0 saturated heterocycles. The van der Waals surface area contributed by atoms with E-state index >= 15 is 0 Å². The van der Waals surface area contributed by atoms with E-state index in [1.807, 2.05) is 0 Å². The first-order valence-corrected chi connectivity index (χ1v) is 2.89. The molecular formula is C7H7CsO3. The number of furan rings is 1. The van der Waals surface area contributed by atoms with E-state index in [2.05, 4.69) is 0 Å². The van der Waals surface area contributed by atoms with Crippen molar-refractivity contribution < 1.29 is 83.2 Å². The maximum absolute atomic E-state index is 10.3. The van der Waals surface area contributed by atoms with Crippen LogP contribution in [0.15, 0.2) is 10.5 Å². The number of carboxylic acid groups (broad SMARTS) is 1. The van der Waals surface area contributed by atoms with E-state index in [1.54, 1.807) is 13.8 Å². The predicted molar refractivity (Wildman–Crippen MR) is 32.5 cm³/mol. The Morgan fingerprint density at radius 1 is 1.55 bits per heavy atom. The van der Waals surface area contributed by atoms with Crippen LogP contribution >= 0.6 is 0 Å². The largest absolute Gasteiger partial charge is 1.00 e. The average Bonchev–Trinajstić information content (AvgIpc) is 2.10. The molecule has 1 rings (SSSR count). The second-order valence-electron chi connectivity index (χ2n) is 2.11. The molecule has 4 heteroatoms. The van der Waals surface area contributed by atoms with Gasteiger partial charge in [-0.2, -0.15) is 0 Å². The van der Waals surface area contributed by atoms with Crippen LogP contribution in [0.5, 0.6) is 0 Å². The third-order valence-electron chi connectivity index (χ3n) is 1.26. The third-order valence-corrected chi connectivity index (χ3v) is 1.26. The fraction of sp³-hybridized carbons (Fsp3) is 0.286. The molecule has 3 nitrogen and oxygen atoms in total. The minimum atomic E-state index is -1.19. The fourth-order valence-corrected chi connectivity index (χ4v) is 0.833. The van der Waals surface area contributed by atoms with E-state index in [-0.39, 0.29) is 74.5 Å². The summed E-state index contributed by atoms with van der Waals surface area (Å²) in [5.41, 5.74) is 0.137. The van der Waals surface area contributed by atoms with E-state index in [4.69, 9.17) is 4.42 Å². The first-order chi connectivity index (χ1) is 4.61. The summed E-state index contributed by atoms with van der Waals surface area (Å²) in [4.78, 5) is 10.3. The zero-order valence-electron chi connectivity index (χ0n) is 6.80. The Labute approximate surface area is 124 Å². The molecule has 0 aliphatic heterocycles. The predicted octanol–water partition coefficient (Wildman–Crippen LogP) is -2.74. The van der Waals surface area contributed by atoms with E-state index in [1.165, 1.54) is 6.07 Å². The van der Waals surface area contributed by atoms with Gasteiger partial charge in [-0.25, -0.2) is 0 Å². The van der Waals surface area contributed by atoms with Gasteiger partial charge in [0.2, 0.25) is 0 Å². The number of hydrogen-bond donors (Lipinski definition) is 0. The van der Waals surface area contributed by atoms with Gasteiger partial charge in [0, 0.05) is 5.56 Å². The molecule has 1 heterocycles. The minimum absolute atomic E-state index is 0. The van der Waals surface area contributed by atoms with Gasteiger partial charge in [0.25, 0.3) is 0 Å². The SMILES string of the molecule is Cc1cc(C(=O)[O-])c(C)o1.[Cs+]. The first-order valence-electron chi connectivity index (χ1n) is 2.89. The summed E-state index contributed by atoms with van der Waals surface area (Å²) < 4.78 is 4.95. The number of hydrogen-bond acceptors (Lipinski definition) is 3. The second-order valence-corrected chi connectivity index (χ2v) is 2.11. The van der Waals surface area contributed by atoms with Crippen molar-refractivity contribution in [3.05, 3.63) is 23.2 Å². The van der Waals surface area contributed by atoms with Crippen molar-refractivity contribution in [3.63, 3.8) is 0 Å². The summed E-state index contributed by atoms with van der Waals surface area (Å²) in [5.74, 6) is -0.191. The van der Waals surface area contributed by atoms with E-state index in [9.17, 15) is 9.90 Å². The fourth-order valence-electron chi connectivity index (χ4n) is 0.833. The van der Waals surface area contributed by atoms with E-state index in [0.29, 0.717) is 11.5 Å². The molecular weight excluding hydrogens is 265 g/mol. The summed E-state index contributed by atoms with van der Waals surface area (Å²) in [6, 6.07) is 1.45. The van der Waals surface area contributed by atoms with Crippen LogP contribution in [0, 0.1) is 13.8 Å². The van der Waals surface area contributed by atoms with Gasteiger partial charge in [-0.15, -0.1) is 0 Å². The standard InChI is InChI=1S/C7H8O3.Cs/c1-4-3-6(7(8)9)5(2)10-4;/h3H,1-2H3,(H,8,9);/q;+1/p-1. The summed E-state index contributed by atoms with van der Waals surface area (Å²) in [5, 5.41) is 10.3. The molecule has 0 fully saturated rings. The van der Waals surface area contributed by atoms with Crippen LogP contribution < -0.4 is 74.0 Å². The Hall–Kier alpha value is 0.802. The summed E-state index contributed by atoms with van der Waals surface area (Å²) >= 11 is 0. The molecule has 0 spiro atoms. The Balaban J connectivity index is 0.000001000. The Bertz CT molecular complexity index is 265. The number of carbonyl (C=O) groups is 1. The quantitative estimate of drug-likeness (QED) is 0.557. The molecule has 11 heavy (non-hydrogen) atoms. The maximum atomic E-state index is 10.3. The smallest absolute Gasteiger partial charge is 0.545 e. The molecule has 0 aliphatic carbocycles. The summed E-state index contributed by atoms with van der Waals surface area (Å²) in [7, 11) is 0. The van der Waals surface area contributed by atoms with Gasteiger partial charge in [-0.05, 0) is 19.9 Å². The summed E-state index contributed by atoms with van der Waals surface area (Å²) in [6.07, 6.45) is 0. The number of carbonyl (C=O) groups excluding carboxylic acids is 1. The van der Waals surface area contributed by atoms with Crippen molar-refractivity contribution in [1.82, 2.24) is 0 Å². The van der Waals surface area contributed by atoms with Crippen molar-refractivity contribution in [3.8, 4) is 0 Å². The first kappa shape index (κ1) is 11.8. The molecule has 1 aromatic heterocycles. The Morgan fingerprint density at radius 2 is 2.09 bits per heavy atom. The average molecular weight is 272 g/mol. The molecule has 0 radical (unpaired) electrons. The molecule has 0 aromatic carbocycles. The molecule has 0 atom stereocenters. The molecule has 0 bridgehead atoms. The van der Waals surface area contributed by atoms with Gasteiger partial charge in [0.1, 0.15) is 11.5 Å². The number of rotatable bonds is 1. The Morgan fingerprint density at radius 3 is 2.27 bits per heavy atom. The molecule has 0 aliphatic rings. The normalized spacial score (nSPS) is 8.91. The van der Waals surface area contributed by atoms with Crippen LogP contribution in [0.2, 0.25) is 0 Å². The molecule has 1 aromatic rings. The van der Waals surface area contributed by atoms with Crippen LogP contribution in [0.25, 0.3) is 0 Å². The molecule has 54 valence electrons. The van der Waals surface area contributed by atoms with Gasteiger partial charge in [-0.1, -0.05) is 0 Å².